The van der Waals surface area contributed by atoms with Crippen LogP contribution in [0.1, 0.15) is 5.56 Å². The van der Waals surface area contributed by atoms with Gasteiger partial charge in [-0.15, -0.1) is 5.10 Å². The fourth-order valence-electron chi connectivity index (χ4n) is 1.68. The molecule has 5 nitrogen and oxygen atoms in total. The second-order valence-electron chi connectivity index (χ2n) is 3.88. The summed E-state index contributed by atoms with van der Waals surface area (Å²) in [4.78, 5) is 18.1. The Labute approximate surface area is 96.7 Å². The molecule has 0 aliphatic carbocycles. The van der Waals surface area contributed by atoms with Gasteiger partial charge in [-0.1, -0.05) is 17.7 Å². The van der Waals surface area contributed by atoms with Crippen LogP contribution in [-0.2, 0) is 0 Å². The van der Waals surface area contributed by atoms with E-state index in [1.165, 1.54) is 11.9 Å². The predicted molar refractivity (Wildman–Crippen MR) is 64.2 cm³/mol. The fourth-order valence-corrected chi connectivity index (χ4v) is 1.68. The van der Waals surface area contributed by atoms with E-state index in [1.807, 2.05) is 31.2 Å². The molecule has 0 fully saturated rings. The summed E-state index contributed by atoms with van der Waals surface area (Å²) in [6, 6.07) is 7.91. The highest BCUT2D eigenvalue weighted by molar-refractivity contribution is 5.72. The van der Waals surface area contributed by atoms with E-state index in [0.717, 1.165) is 5.69 Å². The molecule has 5 heteroatoms. The number of hydrogen-bond acceptors (Lipinski definition) is 3. The second kappa shape index (κ2) is 3.55. The molecule has 2 aromatic heterocycles. The highest BCUT2D eigenvalue weighted by Gasteiger charge is 2.06. The summed E-state index contributed by atoms with van der Waals surface area (Å²) in [6.45, 7) is 2.02. The van der Waals surface area contributed by atoms with Crippen molar-refractivity contribution in [3.63, 3.8) is 0 Å². The molecule has 84 valence electrons. The quantitative estimate of drug-likeness (QED) is 0.682. The van der Waals surface area contributed by atoms with Crippen LogP contribution >= 0.6 is 0 Å². The SMILES string of the molecule is Cc1ccc(-n2cc3c(=O)[nH]cnc3n2)cc1. The monoisotopic (exact) mass is 226 g/mol. The largest absolute Gasteiger partial charge is 0.312 e. The van der Waals surface area contributed by atoms with Crippen molar-refractivity contribution in [3.05, 3.63) is 52.7 Å². The van der Waals surface area contributed by atoms with Crippen molar-refractivity contribution >= 4 is 11.0 Å². The highest BCUT2D eigenvalue weighted by Crippen LogP contribution is 2.11. The van der Waals surface area contributed by atoms with Crippen LogP contribution in [0.4, 0.5) is 0 Å². The van der Waals surface area contributed by atoms with Crippen molar-refractivity contribution in [3.8, 4) is 5.69 Å². The molecule has 0 saturated carbocycles. The Kier molecular flexibility index (Phi) is 2.04. The van der Waals surface area contributed by atoms with E-state index in [4.69, 9.17) is 0 Å². The molecule has 1 aromatic carbocycles. The minimum Gasteiger partial charge on any atom is -0.312 e. The molecule has 0 atom stereocenters. The molecule has 0 unspecified atom stereocenters. The number of aromatic amines is 1. The number of aromatic nitrogens is 4. The third-order valence-electron chi connectivity index (χ3n) is 2.62. The van der Waals surface area contributed by atoms with Crippen molar-refractivity contribution in [2.45, 2.75) is 6.92 Å². The third kappa shape index (κ3) is 1.61. The first-order chi connectivity index (χ1) is 8.24. The minimum absolute atomic E-state index is 0.173. The maximum absolute atomic E-state index is 11.5. The number of benzene rings is 1. The van der Waals surface area contributed by atoms with E-state index in [9.17, 15) is 4.79 Å². The van der Waals surface area contributed by atoms with Crippen LogP contribution in [-0.4, -0.2) is 19.7 Å². The number of rotatable bonds is 1. The normalized spacial score (nSPS) is 10.9. The molecule has 0 saturated heterocycles. The first-order valence-corrected chi connectivity index (χ1v) is 5.24. The van der Waals surface area contributed by atoms with Gasteiger partial charge in [0.2, 0.25) is 0 Å². The zero-order valence-corrected chi connectivity index (χ0v) is 9.21. The van der Waals surface area contributed by atoms with Gasteiger partial charge in [0.25, 0.3) is 5.56 Å². The van der Waals surface area contributed by atoms with Gasteiger partial charge in [-0.3, -0.25) is 4.79 Å². The van der Waals surface area contributed by atoms with Crippen LogP contribution < -0.4 is 5.56 Å². The molecule has 0 amide bonds. The Hall–Kier alpha value is -2.43. The zero-order chi connectivity index (χ0) is 11.8. The van der Waals surface area contributed by atoms with Crippen LogP contribution in [0.5, 0.6) is 0 Å². The number of aryl methyl sites for hydroxylation is 1. The van der Waals surface area contributed by atoms with Crippen LogP contribution in [0, 0.1) is 6.92 Å². The number of hydrogen-bond donors (Lipinski definition) is 1. The Balaban J connectivity index is 2.21. The third-order valence-corrected chi connectivity index (χ3v) is 2.62. The molecular formula is C12H10N4O. The molecule has 17 heavy (non-hydrogen) atoms. The highest BCUT2D eigenvalue weighted by atomic mass is 16.1. The number of nitrogens with one attached hydrogen (secondary N) is 1. The van der Waals surface area contributed by atoms with E-state index in [0.29, 0.717) is 11.0 Å². The van der Waals surface area contributed by atoms with Crippen LogP contribution in [0.15, 0.2) is 41.6 Å². The van der Waals surface area contributed by atoms with E-state index in [2.05, 4.69) is 15.1 Å². The van der Waals surface area contributed by atoms with Gasteiger partial charge in [0.05, 0.1) is 12.0 Å². The van der Waals surface area contributed by atoms with Crippen molar-refractivity contribution in [1.82, 2.24) is 19.7 Å². The summed E-state index contributed by atoms with van der Waals surface area (Å²) in [5, 5.41) is 4.75. The maximum Gasteiger partial charge on any atom is 0.261 e. The Morgan fingerprint density at radius 1 is 1.24 bits per heavy atom. The lowest BCUT2D eigenvalue weighted by molar-refractivity contribution is 0.888. The van der Waals surface area contributed by atoms with Crippen molar-refractivity contribution in [1.29, 1.82) is 0 Å². The maximum atomic E-state index is 11.5. The number of nitrogens with zero attached hydrogens (tertiary/aromatic N) is 3. The number of H-pyrrole nitrogens is 1. The molecule has 0 spiro atoms. The summed E-state index contributed by atoms with van der Waals surface area (Å²) < 4.78 is 1.66. The van der Waals surface area contributed by atoms with Crippen molar-refractivity contribution < 1.29 is 0 Å². The molecule has 0 bridgehead atoms. The van der Waals surface area contributed by atoms with Gasteiger partial charge in [0.15, 0.2) is 5.65 Å². The van der Waals surface area contributed by atoms with E-state index in [-0.39, 0.29) is 5.56 Å². The Morgan fingerprint density at radius 2 is 2.00 bits per heavy atom. The second-order valence-corrected chi connectivity index (χ2v) is 3.88. The average molecular weight is 226 g/mol. The molecular weight excluding hydrogens is 216 g/mol. The van der Waals surface area contributed by atoms with Gasteiger partial charge in [-0.2, -0.15) is 0 Å². The van der Waals surface area contributed by atoms with Crippen LogP contribution in [0.2, 0.25) is 0 Å². The lowest BCUT2D eigenvalue weighted by Crippen LogP contribution is -2.04. The lowest BCUT2D eigenvalue weighted by atomic mass is 10.2. The molecule has 0 aliphatic rings. The van der Waals surface area contributed by atoms with E-state index < -0.39 is 0 Å². The molecule has 0 radical (unpaired) electrons. The van der Waals surface area contributed by atoms with Gasteiger partial charge < -0.3 is 4.98 Å². The Morgan fingerprint density at radius 3 is 2.71 bits per heavy atom. The molecule has 3 rings (SSSR count). The van der Waals surface area contributed by atoms with E-state index >= 15 is 0 Å². The van der Waals surface area contributed by atoms with Crippen molar-refractivity contribution in [2.75, 3.05) is 0 Å². The van der Waals surface area contributed by atoms with Gasteiger partial charge in [-0.25, -0.2) is 9.67 Å². The van der Waals surface area contributed by atoms with Gasteiger partial charge in [-0.05, 0) is 19.1 Å². The number of fused-ring (bicyclic) bond motifs is 1. The van der Waals surface area contributed by atoms with Crippen LogP contribution in [0.25, 0.3) is 16.7 Å². The summed E-state index contributed by atoms with van der Waals surface area (Å²) in [6.07, 6.45) is 3.04. The Bertz CT molecular complexity index is 724. The zero-order valence-electron chi connectivity index (χ0n) is 9.21. The van der Waals surface area contributed by atoms with Gasteiger partial charge >= 0.3 is 0 Å². The summed E-state index contributed by atoms with van der Waals surface area (Å²) >= 11 is 0. The first kappa shape index (κ1) is 9.77. The molecule has 1 N–H and O–H groups in total. The molecule has 2 heterocycles. The average Bonchev–Trinajstić information content (AvgIpc) is 2.75. The summed E-state index contributed by atoms with van der Waals surface area (Å²) in [5.74, 6) is 0. The fraction of sp³-hybridized carbons (Fsp3) is 0.0833. The smallest absolute Gasteiger partial charge is 0.261 e. The summed E-state index contributed by atoms with van der Waals surface area (Å²) in [7, 11) is 0. The van der Waals surface area contributed by atoms with Gasteiger partial charge in [0.1, 0.15) is 5.39 Å². The summed E-state index contributed by atoms with van der Waals surface area (Å²) in [5.41, 5.74) is 2.37. The molecule has 3 aromatic rings. The lowest BCUT2D eigenvalue weighted by Gasteiger charge is -2.00. The minimum atomic E-state index is -0.173. The van der Waals surface area contributed by atoms with Crippen LogP contribution in [0.3, 0.4) is 0 Å². The predicted octanol–water partition coefficient (Wildman–Crippen LogP) is 1.42. The van der Waals surface area contributed by atoms with Gasteiger partial charge in [0, 0.05) is 6.20 Å². The van der Waals surface area contributed by atoms with E-state index in [1.54, 1.807) is 10.9 Å². The topological polar surface area (TPSA) is 63.6 Å². The standard InChI is InChI=1S/C12H10N4O/c1-8-2-4-9(5-3-8)16-6-10-11(15-16)13-7-14-12(10)17/h2-7H,1H3,(H,13,14,15,17). The first-order valence-electron chi connectivity index (χ1n) is 5.24. The van der Waals surface area contributed by atoms with Crippen molar-refractivity contribution in [2.24, 2.45) is 0 Å². The molecule has 0 aliphatic heterocycles.